The van der Waals surface area contributed by atoms with Gasteiger partial charge in [0, 0.05) is 5.69 Å². The van der Waals surface area contributed by atoms with E-state index in [1.54, 1.807) is 13.0 Å². The molecule has 28 heavy (non-hydrogen) atoms. The van der Waals surface area contributed by atoms with Gasteiger partial charge in [0.2, 0.25) is 5.91 Å². The Kier molecular flexibility index (Phi) is 5.65. The molecule has 146 valence electrons. The van der Waals surface area contributed by atoms with E-state index in [0.717, 1.165) is 31.2 Å². The van der Waals surface area contributed by atoms with Gasteiger partial charge >= 0.3 is 5.97 Å². The Morgan fingerprint density at radius 2 is 1.75 bits per heavy atom. The van der Waals surface area contributed by atoms with Crippen LogP contribution in [0.5, 0.6) is 5.75 Å². The molecule has 0 atom stereocenters. The van der Waals surface area contributed by atoms with Crippen molar-refractivity contribution in [3.63, 3.8) is 0 Å². The normalized spacial score (nSPS) is 15.0. The number of nitrogens with one attached hydrogen (secondary N) is 2. The minimum absolute atomic E-state index is 0.0913. The molecular weight excluding hydrogens is 376 g/mol. The maximum Gasteiger partial charge on any atom is 0.339 e. The monoisotopic (exact) mass is 398 g/mol. The molecule has 7 heteroatoms. The quantitative estimate of drug-likeness (QED) is 0.463. The number of carboxylic acid groups (broad SMARTS) is 1. The molecule has 2 aromatic carbocycles. The third-order valence-corrected chi connectivity index (χ3v) is 5.44. The summed E-state index contributed by atoms with van der Waals surface area (Å²) >= 11 is 5.28. The molecular formula is C21H22N2O4S. The van der Waals surface area contributed by atoms with Crippen molar-refractivity contribution in [2.24, 2.45) is 0 Å². The van der Waals surface area contributed by atoms with Crippen LogP contribution in [0.3, 0.4) is 0 Å². The molecule has 1 fully saturated rings. The molecule has 0 spiro atoms. The van der Waals surface area contributed by atoms with Gasteiger partial charge in [0.1, 0.15) is 11.3 Å². The first-order chi connectivity index (χ1) is 13.3. The number of aromatic carboxylic acids is 1. The molecule has 2 aromatic rings. The van der Waals surface area contributed by atoms with E-state index in [4.69, 9.17) is 12.2 Å². The van der Waals surface area contributed by atoms with Crippen molar-refractivity contribution >= 4 is 34.9 Å². The largest absolute Gasteiger partial charge is 0.507 e. The van der Waals surface area contributed by atoms with Crippen LogP contribution in [-0.2, 0) is 10.2 Å². The zero-order chi connectivity index (χ0) is 20.3. The lowest BCUT2D eigenvalue weighted by atomic mass is 9.78. The van der Waals surface area contributed by atoms with Crippen LogP contribution in [0, 0.1) is 6.92 Å². The van der Waals surface area contributed by atoms with E-state index >= 15 is 0 Å². The van der Waals surface area contributed by atoms with Crippen molar-refractivity contribution in [1.29, 1.82) is 0 Å². The third-order valence-electron chi connectivity index (χ3n) is 5.23. The Morgan fingerprint density at radius 3 is 2.36 bits per heavy atom. The van der Waals surface area contributed by atoms with Crippen LogP contribution < -0.4 is 10.6 Å². The molecule has 0 heterocycles. The first-order valence-corrected chi connectivity index (χ1v) is 9.49. The van der Waals surface area contributed by atoms with Crippen LogP contribution in [-0.4, -0.2) is 27.2 Å². The molecule has 1 aliphatic rings. The zero-order valence-corrected chi connectivity index (χ0v) is 16.3. The van der Waals surface area contributed by atoms with Crippen LogP contribution in [0.2, 0.25) is 0 Å². The summed E-state index contributed by atoms with van der Waals surface area (Å²) < 4.78 is 0. The highest BCUT2D eigenvalue weighted by molar-refractivity contribution is 7.80. The van der Waals surface area contributed by atoms with Gasteiger partial charge in [0.25, 0.3) is 0 Å². The molecule has 0 bridgehead atoms. The van der Waals surface area contributed by atoms with Gasteiger partial charge in [0.15, 0.2) is 5.11 Å². The second kappa shape index (κ2) is 7.98. The molecule has 6 nitrogen and oxygen atoms in total. The molecule has 0 unspecified atom stereocenters. The summed E-state index contributed by atoms with van der Waals surface area (Å²) in [7, 11) is 0. The van der Waals surface area contributed by atoms with Gasteiger partial charge in [-0.1, -0.05) is 43.2 Å². The van der Waals surface area contributed by atoms with Gasteiger partial charge < -0.3 is 20.8 Å². The van der Waals surface area contributed by atoms with E-state index < -0.39 is 11.4 Å². The lowest BCUT2D eigenvalue weighted by molar-refractivity contribution is -0.125. The summed E-state index contributed by atoms with van der Waals surface area (Å²) in [5.74, 6) is -1.70. The van der Waals surface area contributed by atoms with Crippen molar-refractivity contribution in [3.05, 3.63) is 59.2 Å². The topological polar surface area (TPSA) is 98.7 Å². The minimum atomic E-state index is -1.24. The highest BCUT2D eigenvalue weighted by Crippen LogP contribution is 2.41. The van der Waals surface area contributed by atoms with Gasteiger partial charge in [0.05, 0.1) is 5.41 Å². The molecule has 1 amide bonds. The van der Waals surface area contributed by atoms with E-state index in [2.05, 4.69) is 10.6 Å². The summed E-state index contributed by atoms with van der Waals surface area (Å²) in [6.07, 6.45) is 3.46. The predicted octanol–water partition coefficient (Wildman–Crippen LogP) is 3.72. The van der Waals surface area contributed by atoms with Crippen LogP contribution in [0.4, 0.5) is 5.69 Å². The summed E-state index contributed by atoms with van der Waals surface area (Å²) in [6.45, 7) is 1.59. The third kappa shape index (κ3) is 3.84. The van der Waals surface area contributed by atoms with E-state index in [0.29, 0.717) is 11.3 Å². The lowest BCUT2D eigenvalue weighted by Gasteiger charge is -2.28. The van der Waals surface area contributed by atoms with Crippen molar-refractivity contribution in [2.75, 3.05) is 5.32 Å². The molecule has 1 aliphatic carbocycles. The summed E-state index contributed by atoms with van der Waals surface area (Å²) in [5, 5.41) is 24.8. The Morgan fingerprint density at radius 1 is 1.11 bits per heavy atom. The SMILES string of the molecule is Cc1cc(NC(=S)NC(=O)C2(c3ccccc3)CCCC2)cc(C(=O)O)c1O. The fourth-order valence-electron chi connectivity index (χ4n) is 3.78. The summed E-state index contributed by atoms with van der Waals surface area (Å²) in [5.41, 5.74) is 0.922. The molecule has 3 rings (SSSR count). The van der Waals surface area contributed by atoms with Gasteiger partial charge in [-0.15, -0.1) is 0 Å². The number of phenols is 1. The molecule has 0 aliphatic heterocycles. The number of aryl methyl sites for hydroxylation is 1. The van der Waals surface area contributed by atoms with Crippen molar-refractivity contribution in [1.82, 2.24) is 5.32 Å². The average Bonchev–Trinajstić information content (AvgIpc) is 3.16. The number of rotatable bonds is 4. The maximum atomic E-state index is 13.1. The standard InChI is InChI=1S/C21H22N2O4S/c1-13-11-15(12-16(17(13)24)18(25)26)22-20(28)23-19(27)21(9-5-6-10-21)14-7-3-2-4-8-14/h2-4,7-8,11-12,24H,5-6,9-10H2,1H3,(H,25,26)(H2,22,23,27,28). The van der Waals surface area contributed by atoms with Crippen LogP contribution in [0.25, 0.3) is 0 Å². The maximum absolute atomic E-state index is 13.1. The van der Waals surface area contributed by atoms with Crippen LogP contribution >= 0.6 is 12.2 Å². The fourth-order valence-corrected chi connectivity index (χ4v) is 3.99. The van der Waals surface area contributed by atoms with Crippen LogP contribution in [0.15, 0.2) is 42.5 Å². The number of thiocarbonyl (C=S) groups is 1. The van der Waals surface area contributed by atoms with E-state index in [9.17, 15) is 19.8 Å². The Labute approximate surface area is 168 Å². The number of amides is 1. The predicted molar refractivity (Wildman–Crippen MR) is 111 cm³/mol. The zero-order valence-electron chi connectivity index (χ0n) is 15.5. The van der Waals surface area contributed by atoms with E-state index in [1.165, 1.54) is 6.07 Å². The highest BCUT2D eigenvalue weighted by Gasteiger charge is 2.42. The molecule has 0 aromatic heterocycles. The smallest absolute Gasteiger partial charge is 0.339 e. The van der Waals surface area contributed by atoms with Gasteiger partial charge in [-0.25, -0.2) is 4.79 Å². The molecule has 0 saturated heterocycles. The average molecular weight is 398 g/mol. The number of carbonyl (C=O) groups is 2. The van der Waals surface area contributed by atoms with Gasteiger partial charge in [-0.3, -0.25) is 4.79 Å². The van der Waals surface area contributed by atoms with Gasteiger partial charge in [-0.2, -0.15) is 0 Å². The number of hydrogen-bond donors (Lipinski definition) is 4. The minimum Gasteiger partial charge on any atom is -0.507 e. The number of hydrogen-bond acceptors (Lipinski definition) is 4. The number of carbonyl (C=O) groups excluding carboxylic acids is 1. The molecule has 0 radical (unpaired) electrons. The van der Waals surface area contributed by atoms with Crippen LogP contribution in [0.1, 0.15) is 47.2 Å². The summed E-state index contributed by atoms with van der Waals surface area (Å²) in [4.78, 5) is 24.4. The van der Waals surface area contributed by atoms with Gasteiger partial charge in [-0.05, 0) is 55.2 Å². The Hall–Kier alpha value is -2.93. The van der Waals surface area contributed by atoms with Crippen molar-refractivity contribution in [3.8, 4) is 5.75 Å². The van der Waals surface area contributed by atoms with Crippen molar-refractivity contribution < 1.29 is 19.8 Å². The number of aromatic hydroxyl groups is 1. The first-order valence-electron chi connectivity index (χ1n) is 9.08. The molecule has 1 saturated carbocycles. The number of anilines is 1. The number of benzene rings is 2. The Balaban J connectivity index is 1.78. The lowest BCUT2D eigenvalue weighted by Crippen LogP contribution is -2.46. The fraction of sp³-hybridized carbons (Fsp3) is 0.286. The second-order valence-electron chi connectivity index (χ2n) is 7.06. The first kappa shape index (κ1) is 19.8. The highest BCUT2D eigenvalue weighted by atomic mass is 32.1. The van der Waals surface area contributed by atoms with E-state index in [-0.39, 0.29) is 22.3 Å². The Bertz CT molecular complexity index is 922. The summed E-state index contributed by atoms with van der Waals surface area (Å²) in [6, 6.07) is 12.5. The molecule has 4 N–H and O–H groups in total. The second-order valence-corrected chi connectivity index (χ2v) is 7.47. The number of carboxylic acids is 1. The van der Waals surface area contributed by atoms with E-state index in [1.807, 2.05) is 30.3 Å². The van der Waals surface area contributed by atoms with Crippen molar-refractivity contribution in [2.45, 2.75) is 38.0 Å².